The van der Waals surface area contributed by atoms with E-state index in [4.69, 9.17) is 20.8 Å². The third kappa shape index (κ3) is 12.1. The zero-order valence-electron chi connectivity index (χ0n) is 44.2. The molecule has 402 valence electrons. The van der Waals surface area contributed by atoms with Gasteiger partial charge in [-0.25, -0.2) is 4.98 Å². The fourth-order valence-corrected chi connectivity index (χ4v) is 11.1. The van der Waals surface area contributed by atoms with E-state index in [-0.39, 0.29) is 40.5 Å². The molecule has 4 aromatic carbocycles. The Hall–Kier alpha value is -7.51. The number of hydrogen-bond donors (Lipinski definition) is 7. The Bertz CT molecular complexity index is 2930. The highest BCUT2D eigenvalue weighted by atomic mass is 16.3. The van der Waals surface area contributed by atoms with Crippen LogP contribution in [0.1, 0.15) is 74.4 Å². The van der Waals surface area contributed by atoms with Gasteiger partial charge in [-0.1, -0.05) is 50.2 Å². The molecular formula is C57H73N13O6. The minimum atomic E-state index is -0.650. The minimum Gasteiger partial charge on any atom is -0.508 e. The summed E-state index contributed by atoms with van der Waals surface area (Å²) in [5, 5.41) is 57.5. The number of nitrogens with one attached hydrogen (secondary N) is 4. The van der Waals surface area contributed by atoms with E-state index in [2.05, 4.69) is 36.3 Å². The number of anilines is 4. The lowest BCUT2D eigenvalue weighted by atomic mass is 9.95. The number of amidine groups is 2. The standard InChI is InChI=1S/C57H73N13O6/c1-4-40-32-46(50(73)34-49(40)72)53(58)70(54(59)56(76)60-6-3)42-13-11-38(12-14-42)35-64-23-25-65(26-24-64)36-39-16-20-66(21-17-39)52(75)15-19-61-57-62-47-37-69(48-33-43(71)31-41-9-7-8-10-44(41)48)22-18-45(47)55(63-57)68-29-27-67(28-30-68)51(74)5-2/h7-14,31-34,39,58-59,71-73H,4-6,15-30,35-37H2,1-3H3,(H,60,76)(H,61,62,63). The summed E-state index contributed by atoms with van der Waals surface area (Å²) in [5.74, 6) is 0.641. The molecule has 4 aliphatic heterocycles. The summed E-state index contributed by atoms with van der Waals surface area (Å²) in [4.78, 5) is 63.8. The van der Waals surface area contributed by atoms with E-state index >= 15 is 0 Å². The van der Waals surface area contributed by atoms with E-state index in [0.717, 1.165) is 117 Å². The van der Waals surface area contributed by atoms with Crippen molar-refractivity contribution in [3.05, 3.63) is 101 Å². The number of aromatic hydroxyl groups is 3. The minimum absolute atomic E-state index is 0.0823. The number of fused-ring (bicyclic) bond motifs is 2. The number of phenols is 3. The molecule has 0 spiro atoms. The molecule has 0 atom stereocenters. The Kier molecular flexibility index (Phi) is 16.8. The van der Waals surface area contributed by atoms with Gasteiger partial charge in [0.15, 0.2) is 5.84 Å². The number of hydrogen-bond acceptors (Lipinski definition) is 15. The van der Waals surface area contributed by atoms with Gasteiger partial charge in [0, 0.05) is 145 Å². The van der Waals surface area contributed by atoms with E-state index in [1.54, 1.807) is 25.1 Å². The summed E-state index contributed by atoms with van der Waals surface area (Å²) in [7, 11) is 0. The van der Waals surface area contributed by atoms with Crippen molar-refractivity contribution in [1.82, 2.24) is 34.9 Å². The monoisotopic (exact) mass is 1040 g/mol. The first-order valence-corrected chi connectivity index (χ1v) is 27.1. The lowest BCUT2D eigenvalue weighted by Gasteiger charge is -2.39. The third-order valence-corrected chi connectivity index (χ3v) is 15.4. The summed E-state index contributed by atoms with van der Waals surface area (Å²) in [6.45, 7) is 17.1. The second-order valence-electron chi connectivity index (χ2n) is 20.4. The molecule has 9 rings (SSSR count). The molecule has 5 aromatic rings. The Labute approximate surface area is 445 Å². The molecular weight excluding hydrogens is 963 g/mol. The molecule has 19 nitrogen and oxygen atoms in total. The summed E-state index contributed by atoms with van der Waals surface area (Å²) >= 11 is 0. The predicted octanol–water partition coefficient (Wildman–Crippen LogP) is 5.73. The maximum Gasteiger partial charge on any atom is 0.287 e. The molecule has 4 aliphatic rings. The number of amides is 3. The van der Waals surface area contributed by atoms with Crippen LogP contribution in [-0.2, 0) is 40.3 Å². The first kappa shape index (κ1) is 53.3. The molecule has 76 heavy (non-hydrogen) atoms. The molecule has 7 N–H and O–H groups in total. The van der Waals surface area contributed by atoms with Crippen molar-refractivity contribution in [1.29, 1.82) is 10.8 Å². The largest absolute Gasteiger partial charge is 0.508 e. The first-order chi connectivity index (χ1) is 36.8. The van der Waals surface area contributed by atoms with Crippen molar-refractivity contribution in [2.45, 2.75) is 72.4 Å². The maximum absolute atomic E-state index is 13.6. The molecule has 0 aliphatic carbocycles. The van der Waals surface area contributed by atoms with Crippen LogP contribution in [0.25, 0.3) is 10.8 Å². The van der Waals surface area contributed by atoms with Gasteiger partial charge >= 0.3 is 0 Å². The number of nitrogens with zero attached hydrogens (tertiary/aromatic N) is 9. The highest BCUT2D eigenvalue weighted by Gasteiger charge is 2.31. The van der Waals surface area contributed by atoms with Crippen LogP contribution in [0.4, 0.5) is 23.1 Å². The second-order valence-corrected chi connectivity index (χ2v) is 20.4. The van der Waals surface area contributed by atoms with E-state index in [0.29, 0.717) is 88.2 Å². The third-order valence-electron chi connectivity index (χ3n) is 15.4. The lowest BCUT2D eigenvalue weighted by molar-refractivity contribution is -0.132. The van der Waals surface area contributed by atoms with Crippen molar-refractivity contribution >= 4 is 63.3 Å². The van der Waals surface area contributed by atoms with Crippen molar-refractivity contribution in [2.75, 3.05) is 112 Å². The number of carbonyl (C=O) groups is 3. The van der Waals surface area contributed by atoms with Crippen molar-refractivity contribution < 1.29 is 29.7 Å². The zero-order chi connectivity index (χ0) is 53.5. The number of likely N-dealkylation sites (tertiary alicyclic amines) is 1. The second kappa shape index (κ2) is 24.0. The zero-order valence-corrected chi connectivity index (χ0v) is 44.2. The van der Waals surface area contributed by atoms with Gasteiger partial charge in [0.25, 0.3) is 5.91 Å². The van der Waals surface area contributed by atoms with E-state index in [9.17, 15) is 29.7 Å². The highest BCUT2D eigenvalue weighted by Crippen LogP contribution is 2.37. The van der Waals surface area contributed by atoms with Crippen molar-refractivity contribution in [2.24, 2.45) is 5.92 Å². The number of aromatic nitrogens is 2. The number of aryl methyl sites for hydroxylation is 1. The average molecular weight is 1040 g/mol. The van der Waals surface area contributed by atoms with Crippen LogP contribution in [0.15, 0.2) is 72.8 Å². The normalized spacial score (nSPS) is 16.6. The van der Waals surface area contributed by atoms with Gasteiger partial charge in [-0.15, -0.1) is 0 Å². The summed E-state index contributed by atoms with van der Waals surface area (Å²) in [6, 6.07) is 21.9. The van der Waals surface area contributed by atoms with Gasteiger partial charge < -0.3 is 50.5 Å². The average Bonchev–Trinajstić information content (AvgIpc) is 3.43. The fraction of sp³-hybridized carbons (Fsp3) is 0.456. The summed E-state index contributed by atoms with van der Waals surface area (Å²) in [6.07, 6.45) is 3.94. The van der Waals surface area contributed by atoms with Crippen LogP contribution in [0.2, 0.25) is 0 Å². The van der Waals surface area contributed by atoms with Crippen LogP contribution in [0, 0.1) is 16.7 Å². The van der Waals surface area contributed by atoms with Gasteiger partial charge in [-0.05, 0) is 79.3 Å². The van der Waals surface area contributed by atoms with E-state index < -0.39 is 11.7 Å². The van der Waals surface area contributed by atoms with Crippen molar-refractivity contribution in [3.8, 4) is 17.2 Å². The molecule has 0 bridgehead atoms. The van der Waals surface area contributed by atoms with Gasteiger partial charge in [-0.3, -0.25) is 35.0 Å². The maximum atomic E-state index is 13.6. The fourth-order valence-electron chi connectivity index (χ4n) is 11.1. The van der Waals surface area contributed by atoms with Crippen LogP contribution in [-0.4, -0.2) is 166 Å². The number of rotatable bonds is 15. The lowest BCUT2D eigenvalue weighted by Crippen LogP contribution is -2.49. The van der Waals surface area contributed by atoms with Crippen LogP contribution in [0.5, 0.6) is 17.2 Å². The molecule has 3 saturated heterocycles. The Morgan fingerprint density at radius 3 is 2.17 bits per heavy atom. The first-order valence-electron chi connectivity index (χ1n) is 27.1. The number of phenolic OH excluding ortho intramolecular Hbond substituents is 3. The van der Waals surface area contributed by atoms with Crippen LogP contribution in [0.3, 0.4) is 0 Å². The van der Waals surface area contributed by atoms with E-state index in [1.165, 1.54) is 17.0 Å². The summed E-state index contributed by atoms with van der Waals surface area (Å²) in [5.41, 5.74) is 5.12. The molecule has 1 aromatic heterocycles. The van der Waals surface area contributed by atoms with E-state index in [1.807, 2.05) is 60.0 Å². The Morgan fingerprint density at radius 2 is 1.46 bits per heavy atom. The Morgan fingerprint density at radius 1 is 0.750 bits per heavy atom. The number of piperidine rings is 1. The van der Waals surface area contributed by atoms with Gasteiger partial charge in [0.05, 0.1) is 17.8 Å². The molecule has 0 unspecified atom stereocenters. The van der Waals surface area contributed by atoms with Gasteiger partial charge in [0.1, 0.15) is 28.9 Å². The van der Waals surface area contributed by atoms with Gasteiger partial charge in [-0.2, -0.15) is 4.98 Å². The van der Waals surface area contributed by atoms with Crippen LogP contribution < -0.4 is 25.3 Å². The van der Waals surface area contributed by atoms with Gasteiger partial charge in [0.2, 0.25) is 17.8 Å². The number of carbonyl (C=O) groups excluding carboxylic acids is 3. The molecule has 3 amide bonds. The highest BCUT2D eigenvalue weighted by molar-refractivity contribution is 6.48. The summed E-state index contributed by atoms with van der Waals surface area (Å²) < 4.78 is 0. The number of piperazine rings is 2. The molecule has 0 radical (unpaired) electrons. The Balaban J connectivity index is 0.754. The van der Waals surface area contributed by atoms with Crippen LogP contribution >= 0.6 is 0 Å². The SMILES string of the molecule is CCNC(=O)C(=N)N(C(=N)c1cc(CC)c(O)cc1O)c1ccc(CN2CCN(CC3CCN(C(=O)CCNc4nc5c(c(N6CCN(C(=O)CC)CC6)n4)CCN(c4cc(O)cc6ccccc46)C5)CC3)CC2)cc1. The quantitative estimate of drug-likeness (QED) is 0.0491. The molecule has 19 heteroatoms. The topological polar surface area (TPSA) is 232 Å². The predicted molar refractivity (Wildman–Crippen MR) is 297 cm³/mol. The number of likely N-dealkylation sites (N-methyl/N-ethyl adjacent to an activating group) is 1. The smallest absolute Gasteiger partial charge is 0.287 e. The molecule has 3 fully saturated rings. The molecule has 0 saturated carbocycles. The molecule has 5 heterocycles. The number of benzene rings is 4. The van der Waals surface area contributed by atoms with Crippen molar-refractivity contribution in [3.63, 3.8) is 0 Å².